The molecule has 8 nitrogen and oxygen atoms in total. The van der Waals surface area contributed by atoms with Crippen LogP contribution in [0.1, 0.15) is 73.6 Å². The van der Waals surface area contributed by atoms with Crippen molar-refractivity contribution in [2.45, 2.75) is 71.2 Å². The molecule has 0 saturated carbocycles. The first-order chi connectivity index (χ1) is 20.1. The van der Waals surface area contributed by atoms with E-state index < -0.39 is 11.7 Å². The number of aromatic nitrogens is 2. The Morgan fingerprint density at radius 2 is 1.88 bits per heavy atom. The van der Waals surface area contributed by atoms with Crippen LogP contribution in [0.3, 0.4) is 0 Å². The van der Waals surface area contributed by atoms with Crippen molar-refractivity contribution in [3.05, 3.63) is 88.7 Å². The van der Waals surface area contributed by atoms with Crippen molar-refractivity contribution >= 4 is 23.0 Å². The van der Waals surface area contributed by atoms with Crippen molar-refractivity contribution in [3.63, 3.8) is 0 Å². The smallest absolute Gasteiger partial charge is 0.410 e. The summed E-state index contributed by atoms with van der Waals surface area (Å²) >= 11 is 0. The highest BCUT2D eigenvalue weighted by Crippen LogP contribution is 2.41. The molecular formula is C34H38N4O4. The van der Waals surface area contributed by atoms with Gasteiger partial charge < -0.3 is 24.6 Å². The molecule has 2 aliphatic heterocycles. The van der Waals surface area contributed by atoms with Crippen LogP contribution in [0.25, 0.3) is 22.2 Å². The Hall–Kier alpha value is -4.17. The van der Waals surface area contributed by atoms with Crippen molar-refractivity contribution in [1.82, 2.24) is 19.8 Å². The molecule has 2 atom stereocenters. The molecule has 8 heteroatoms. The van der Waals surface area contributed by atoms with Gasteiger partial charge in [0, 0.05) is 43.0 Å². The van der Waals surface area contributed by atoms with E-state index in [1.165, 1.54) is 0 Å². The Kier molecular flexibility index (Phi) is 7.27. The lowest BCUT2D eigenvalue weighted by molar-refractivity contribution is -0.141. The van der Waals surface area contributed by atoms with Crippen LogP contribution < -0.4 is 0 Å². The number of rotatable bonds is 4. The zero-order chi connectivity index (χ0) is 29.6. The zero-order valence-electron chi connectivity index (χ0n) is 24.7. The number of H-pyrrole nitrogens is 1. The molecule has 2 N–H and O–H groups in total. The van der Waals surface area contributed by atoms with E-state index in [9.17, 15) is 14.7 Å². The standard InChI is InChI=1S/C34H38N4O4/c1-21-18-35-31-26(21)17-25(19-36-31)24-15-23-12-14-37(32(40)30(39)22-9-6-5-7-10-22)20-28(23)27(16-24)29-11-8-13-38(29)33(41)42-34(2,3)4/h5-7,9-10,15-19,29-30,39H,8,11-14,20H2,1-4H3,(H,35,36)/t29-,30+/m0/s1. The van der Waals surface area contributed by atoms with Gasteiger partial charge in [-0.15, -0.1) is 0 Å². The van der Waals surface area contributed by atoms with Crippen molar-refractivity contribution < 1.29 is 19.4 Å². The number of ether oxygens (including phenoxy) is 1. The van der Waals surface area contributed by atoms with Crippen LogP contribution in [0.2, 0.25) is 0 Å². The number of nitrogens with one attached hydrogen (secondary N) is 1. The van der Waals surface area contributed by atoms with Gasteiger partial charge in [0.05, 0.1) is 6.04 Å². The molecule has 1 saturated heterocycles. The summed E-state index contributed by atoms with van der Waals surface area (Å²) in [6.45, 7) is 9.21. The van der Waals surface area contributed by atoms with E-state index in [0.717, 1.165) is 57.3 Å². The molecule has 2 aromatic heterocycles. The highest BCUT2D eigenvalue weighted by Gasteiger charge is 2.37. The quantitative estimate of drug-likeness (QED) is 0.305. The maximum atomic E-state index is 13.5. The number of aromatic amines is 1. The number of aliphatic hydroxyl groups excluding tert-OH is 1. The lowest BCUT2D eigenvalue weighted by atomic mass is 9.86. The van der Waals surface area contributed by atoms with E-state index >= 15 is 0 Å². The lowest BCUT2D eigenvalue weighted by Gasteiger charge is -2.35. The Labute approximate surface area is 246 Å². The van der Waals surface area contributed by atoms with E-state index in [0.29, 0.717) is 31.6 Å². The van der Waals surface area contributed by atoms with Gasteiger partial charge in [-0.2, -0.15) is 0 Å². The highest BCUT2D eigenvalue weighted by atomic mass is 16.6. The van der Waals surface area contributed by atoms with Crippen molar-refractivity contribution in [3.8, 4) is 11.1 Å². The molecule has 4 aromatic rings. The van der Waals surface area contributed by atoms with Crippen molar-refractivity contribution in [2.75, 3.05) is 13.1 Å². The van der Waals surface area contributed by atoms with Gasteiger partial charge in [-0.1, -0.05) is 36.4 Å². The van der Waals surface area contributed by atoms with Gasteiger partial charge in [0.25, 0.3) is 5.91 Å². The summed E-state index contributed by atoms with van der Waals surface area (Å²) in [6.07, 6.45) is 4.64. The molecule has 42 heavy (non-hydrogen) atoms. The van der Waals surface area contributed by atoms with Crippen LogP contribution in [-0.4, -0.2) is 55.6 Å². The number of amides is 2. The second-order valence-electron chi connectivity index (χ2n) is 12.4. The number of pyridine rings is 1. The fourth-order valence-corrected chi connectivity index (χ4v) is 6.22. The number of benzene rings is 2. The fraction of sp³-hybridized carbons (Fsp3) is 0.382. The van der Waals surface area contributed by atoms with E-state index in [-0.39, 0.29) is 18.0 Å². The third-order valence-corrected chi connectivity index (χ3v) is 8.35. The number of aryl methyl sites for hydroxylation is 1. The third-order valence-electron chi connectivity index (χ3n) is 8.35. The summed E-state index contributed by atoms with van der Waals surface area (Å²) in [5, 5.41) is 12.0. The average Bonchev–Trinajstić information content (AvgIpc) is 3.62. The molecule has 6 rings (SSSR count). The zero-order valence-corrected chi connectivity index (χ0v) is 24.7. The molecule has 0 unspecified atom stereocenters. The van der Waals surface area contributed by atoms with Crippen LogP contribution in [0.5, 0.6) is 0 Å². The summed E-state index contributed by atoms with van der Waals surface area (Å²) < 4.78 is 5.80. The maximum Gasteiger partial charge on any atom is 0.410 e. The maximum absolute atomic E-state index is 13.5. The highest BCUT2D eigenvalue weighted by molar-refractivity contribution is 5.85. The number of carbonyl (C=O) groups excluding carboxylic acids is 2. The van der Waals surface area contributed by atoms with Gasteiger partial charge in [0.2, 0.25) is 0 Å². The van der Waals surface area contributed by atoms with Crippen molar-refractivity contribution in [1.29, 1.82) is 0 Å². The topological polar surface area (TPSA) is 98.8 Å². The van der Waals surface area contributed by atoms with Crippen molar-refractivity contribution in [2.24, 2.45) is 0 Å². The monoisotopic (exact) mass is 566 g/mol. The van der Waals surface area contributed by atoms with Crippen LogP contribution in [0.4, 0.5) is 4.79 Å². The predicted octanol–water partition coefficient (Wildman–Crippen LogP) is 6.23. The Morgan fingerprint density at radius 3 is 2.64 bits per heavy atom. The Morgan fingerprint density at radius 1 is 1.10 bits per heavy atom. The van der Waals surface area contributed by atoms with E-state index in [2.05, 4.69) is 35.1 Å². The molecule has 4 heterocycles. The van der Waals surface area contributed by atoms with Gasteiger partial charge in [-0.3, -0.25) is 4.79 Å². The van der Waals surface area contributed by atoms with Crippen LogP contribution in [0, 0.1) is 6.92 Å². The molecule has 2 amide bonds. The minimum absolute atomic E-state index is 0.173. The molecule has 0 radical (unpaired) electrons. The summed E-state index contributed by atoms with van der Waals surface area (Å²) in [6, 6.07) is 15.4. The number of carbonyl (C=O) groups is 2. The average molecular weight is 567 g/mol. The minimum atomic E-state index is -1.22. The summed E-state index contributed by atoms with van der Waals surface area (Å²) in [5.74, 6) is -0.310. The third kappa shape index (κ3) is 5.39. The van der Waals surface area contributed by atoms with Gasteiger partial charge in [0.15, 0.2) is 6.10 Å². The second-order valence-corrected chi connectivity index (χ2v) is 12.4. The number of nitrogens with zero attached hydrogens (tertiary/aromatic N) is 3. The SMILES string of the molecule is Cc1c[nH]c2ncc(-c3cc4c(c([C@@H]5CCCN5C(=O)OC(C)(C)C)c3)CN(C(=O)[C@H](O)c3ccccc3)CC4)cc12. The van der Waals surface area contributed by atoms with Crippen LogP contribution in [0.15, 0.2) is 60.9 Å². The number of hydrogen-bond acceptors (Lipinski definition) is 5. The largest absolute Gasteiger partial charge is 0.444 e. The van der Waals surface area contributed by atoms with Crippen LogP contribution >= 0.6 is 0 Å². The van der Waals surface area contributed by atoms with E-state index in [1.54, 1.807) is 17.0 Å². The first kappa shape index (κ1) is 28.0. The summed E-state index contributed by atoms with van der Waals surface area (Å²) in [7, 11) is 0. The second kappa shape index (κ2) is 10.9. The van der Waals surface area contributed by atoms with Gasteiger partial charge >= 0.3 is 6.09 Å². The first-order valence-corrected chi connectivity index (χ1v) is 14.7. The number of aliphatic hydroxyl groups is 1. The molecule has 2 aliphatic rings. The van der Waals surface area contributed by atoms with Gasteiger partial charge in [0.1, 0.15) is 11.2 Å². The molecule has 218 valence electrons. The Balaban J connectivity index is 1.40. The molecule has 0 aliphatic carbocycles. The molecule has 0 spiro atoms. The number of hydrogen-bond donors (Lipinski definition) is 2. The summed E-state index contributed by atoms with van der Waals surface area (Å²) in [5.41, 5.74) is 7.25. The number of fused-ring (bicyclic) bond motifs is 2. The van der Waals surface area contributed by atoms with Gasteiger partial charge in [-0.25, -0.2) is 9.78 Å². The summed E-state index contributed by atoms with van der Waals surface area (Å²) in [4.78, 5) is 38.3. The molecule has 0 bridgehead atoms. The van der Waals surface area contributed by atoms with E-state index in [4.69, 9.17) is 4.74 Å². The van der Waals surface area contributed by atoms with E-state index in [1.807, 2.05) is 56.3 Å². The predicted molar refractivity (Wildman–Crippen MR) is 162 cm³/mol. The fourth-order valence-electron chi connectivity index (χ4n) is 6.22. The Bertz CT molecular complexity index is 1640. The van der Waals surface area contributed by atoms with Gasteiger partial charge in [-0.05, 0) is 92.5 Å². The lowest BCUT2D eigenvalue weighted by Crippen LogP contribution is -2.40. The first-order valence-electron chi connectivity index (χ1n) is 14.7. The minimum Gasteiger partial charge on any atom is -0.444 e. The molecule has 1 fully saturated rings. The van der Waals surface area contributed by atoms with Crippen LogP contribution in [-0.2, 0) is 22.5 Å². The number of likely N-dealkylation sites (tertiary alicyclic amines) is 1. The molecule has 2 aromatic carbocycles. The molecular weight excluding hydrogens is 528 g/mol. The normalized spacial score (nSPS) is 17.8.